The molecule has 1 fully saturated rings. The summed E-state index contributed by atoms with van der Waals surface area (Å²) in [7, 11) is 0. The number of hydrogen-bond donors (Lipinski definition) is 3. The lowest BCUT2D eigenvalue weighted by Gasteiger charge is -2.36. The zero-order chi connectivity index (χ0) is 12.0. The fourth-order valence-corrected chi connectivity index (χ4v) is 2.32. The summed E-state index contributed by atoms with van der Waals surface area (Å²) in [5.41, 5.74) is 0. The van der Waals surface area contributed by atoms with E-state index in [4.69, 9.17) is 10.2 Å². The van der Waals surface area contributed by atoms with Crippen LogP contribution in [0.5, 0.6) is 0 Å². The fraction of sp³-hybridized carbons (Fsp3) is 0.909. The molecule has 2 unspecified atom stereocenters. The summed E-state index contributed by atoms with van der Waals surface area (Å²) in [6.45, 7) is 4.94. The highest BCUT2D eigenvalue weighted by atomic mass is 16.4. The average molecular weight is 230 g/mol. The number of carboxylic acids is 1. The van der Waals surface area contributed by atoms with Gasteiger partial charge in [-0.2, -0.15) is 0 Å². The van der Waals surface area contributed by atoms with E-state index in [1.807, 2.05) is 4.90 Å². The van der Waals surface area contributed by atoms with Crippen molar-refractivity contribution >= 4 is 5.97 Å². The normalized spacial score (nSPS) is 26.9. The minimum Gasteiger partial charge on any atom is -0.480 e. The predicted molar refractivity (Wildman–Crippen MR) is 61.4 cm³/mol. The van der Waals surface area contributed by atoms with E-state index in [0.717, 1.165) is 32.5 Å². The van der Waals surface area contributed by atoms with Crippen LogP contribution in [0.4, 0.5) is 0 Å². The first-order valence-electron chi connectivity index (χ1n) is 5.90. The van der Waals surface area contributed by atoms with E-state index in [9.17, 15) is 4.79 Å². The fourth-order valence-electron chi connectivity index (χ4n) is 2.32. The smallest absolute Gasteiger partial charge is 0.317 e. The van der Waals surface area contributed by atoms with Gasteiger partial charge in [-0.25, -0.2) is 0 Å². The third kappa shape index (κ3) is 4.92. The Balaban J connectivity index is 2.32. The van der Waals surface area contributed by atoms with Crippen LogP contribution in [0.3, 0.4) is 0 Å². The molecule has 0 aromatic rings. The monoisotopic (exact) mass is 230 g/mol. The zero-order valence-corrected chi connectivity index (χ0v) is 9.85. The second-order valence-electron chi connectivity index (χ2n) is 4.66. The van der Waals surface area contributed by atoms with E-state index in [0.29, 0.717) is 12.0 Å². The molecule has 5 heteroatoms. The molecule has 1 aliphatic heterocycles. The molecule has 1 rings (SSSR count). The van der Waals surface area contributed by atoms with Gasteiger partial charge >= 0.3 is 5.97 Å². The number of nitrogens with zero attached hydrogens (tertiary/aromatic N) is 1. The highest BCUT2D eigenvalue weighted by Gasteiger charge is 2.25. The van der Waals surface area contributed by atoms with E-state index < -0.39 is 5.97 Å². The molecule has 1 aliphatic rings. The number of nitrogens with one attached hydrogen (secondary N) is 1. The maximum absolute atomic E-state index is 10.6. The first-order valence-corrected chi connectivity index (χ1v) is 5.90. The third-order valence-electron chi connectivity index (χ3n) is 2.86. The van der Waals surface area contributed by atoms with Crippen LogP contribution in [0, 0.1) is 5.92 Å². The van der Waals surface area contributed by atoms with Gasteiger partial charge in [0, 0.05) is 25.7 Å². The summed E-state index contributed by atoms with van der Waals surface area (Å²) in [4.78, 5) is 12.6. The van der Waals surface area contributed by atoms with E-state index in [1.54, 1.807) is 0 Å². The Hall–Kier alpha value is -0.650. The van der Waals surface area contributed by atoms with E-state index >= 15 is 0 Å². The van der Waals surface area contributed by atoms with Gasteiger partial charge in [0.25, 0.3) is 0 Å². The van der Waals surface area contributed by atoms with Crippen LogP contribution in [0.2, 0.25) is 0 Å². The van der Waals surface area contributed by atoms with Gasteiger partial charge in [-0.3, -0.25) is 9.69 Å². The van der Waals surface area contributed by atoms with Crippen molar-refractivity contribution in [2.75, 3.05) is 32.8 Å². The molecule has 0 radical (unpaired) electrons. The molecule has 0 amide bonds. The molecule has 3 N–H and O–H groups in total. The van der Waals surface area contributed by atoms with Gasteiger partial charge in [-0.15, -0.1) is 0 Å². The third-order valence-corrected chi connectivity index (χ3v) is 2.86. The van der Waals surface area contributed by atoms with Gasteiger partial charge in [0.2, 0.25) is 0 Å². The van der Waals surface area contributed by atoms with Crippen LogP contribution in [0.15, 0.2) is 0 Å². The summed E-state index contributed by atoms with van der Waals surface area (Å²) in [6, 6.07) is 0.356. The topological polar surface area (TPSA) is 72.8 Å². The number of piperidine rings is 1. The first-order chi connectivity index (χ1) is 7.61. The Kier molecular flexibility index (Phi) is 5.73. The molecule has 1 saturated heterocycles. The number of carboxylic acid groups (broad SMARTS) is 1. The first kappa shape index (κ1) is 13.4. The zero-order valence-electron chi connectivity index (χ0n) is 9.85. The van der Waals surface area contributed by atoms with Crippen LogP contribution in [-0.2, 0) is 4.79 Å². The van der Waals surface area contributed by atoms with Crippen molar-refractivity contribution in [3.63, 3.8) is 0 Å². The van der Waals surface area contributed by atoms with Crippen molar-refractivity contribution in [1.82, 2.24) is 10.2 Å². The summed E-state index contributed by atoms with van der Waals surface area (Å²) in [5, 5.41) is 20.8. The molecule has 0 saturated carbocycles. The van der Waals surface area contributed by atoms with Crippen LogP contribution in [0.25, 0.3) is 0 Å². The molecule has 0 aliphatic carbocycles. The van der Waals surface area contributed by atoms with E-state index in [-0.39, 0.29) is 13.2 Å². The standard InChI is InChI=1S/C11H22N2O3/c1-9-5-10(12-3-2-4-14)7-13(6-9)8-11(15)16/h9-10,12,14H,2-8H2,1H3,(H,15,16). The van der Waals surface area contributed by atoms with Gasteiger partial charge in [0.1, 0.15) is 0 Å². The average Bonchev–Trinajstić information content (AvgIpc) is 2.16. The van der Waals surface area contributed by atoms with Crippen LogP contribution in [-0.4, -0.2) is 59.9 Å². The van der Waals surface area contributed by atoms with Gasteiger partial charge in [-0.05, 0) is 25.3 Å². The lowest BCUT2D eigenvalue weighted by atomic mass is 9.96. The van der Waals surface area contributed by atoms with Crippen LogP contribution in [0.1, 0.15) is 19.8 Å². The van der Waals surface area contributed by atoms with E-state index in [2.05, 4.69) is 12.2 Å². The van der Waals surface area contributed by atoms with Crippen molar-refractivity contribution in [2.24, 2.45) is 5.92 Å². The van der Waals surface area contributed by atoms with Crippen molar-refractivity contribution in [1.29, 1.82) is 0 Å². The highest BCUT2D eigenvalue weighted by Crippen LogP contribution is 2.15. The predicted octanol–water partition coefficient (Wildman–Crippen LogP) is -0.247. The number of hydrogen-bond acceptors (Lipinski definition) is 4. The highest BCUT2D eigenvalue weighted by molar-refractivity contribution is 5.69. The van der Waals surface area contributed by atoms with Crippen LogP contribution < -0.4 is 5.32 Å². The second kappa shape index (κ2) is 6.83. The Morgan fingerprint density at radius 2 is 2.25 bits per heavy atom. The minimum atomic E-state index is -0.761. The summed E-state index contributed by atoms with van der Waals surface area (Å²) in [6.07, 6.45) is 1.84. The number of rotatable bonds is 6. The minimum absolute atomic E-state index is 0.127. The lowest BCUT2D eigenvalue weighted by molar-refractivity contribution is -0.138. The largest absolute Gasteiger partial charge is 0.480 e. The van der Waals surface area contributed by atoms with Crippen LogP contribution >= 0.6 is 0 Å². The Labute approximate surface area is 96.4 Å². The molecule has 0 bridgehead atoms. The molecule has 94 valence electrons. The molecule has 16 heavy (non-hydrogen) atoms. The summed E-state index contributed by atoms with van der Waals surface area (Å²) < 4.78 is 0. The molecule has 0 aromatic carbocycles. The lowest BCUT2D eigenvalue weighted by Crippen LogP contribution is -2.50. The number of aliphatic carboxylic acids is 1. The Morgan fingerprint density at radius 1 is 1.50 bits per heavy atom. The van der Waals surface area contributed by atoms with Gasteiger partial charge < -0.3 is 15.5 Å². The molecule has 5 nitrogen and oxygen atoms in total. The second-order valence-corrected chi connectivity index (χ2v) is 4.66. The maximum Gasteiger partial charge on any atom is 0.317 e. The molecular formula is C11H22N2O3. The van der Waals surface area contributed by atoms with Crippen molar-refractivity contribution in [3.05, 3.63) is 0 Å². The SMILES string of the molecule is CC1CC(NCCCO)CN(CC(=O)O)C1. The van der Waals surface area contributed by atoms with Crippen molar-refractivity contribution in [3.8, 4) is 0 Å². The quantitative estimate of drug-likeness (QED) is 0.549. The van der Waals surface area contributed by atoms with Gasteiger partial charge in [0.05, 0.1) is 6.54 Å². The van der Waals surface area contributed by atoms with E-state index in [1.165, 1.54) is 0 Å². The maximum atomic E-state index is 10.6. The number of carbonyl (C=O) groups is 1. The molecule has 0 aromatic heterocycles. The molecular weight excluding hydrogens is 208 g/mol. The van der Waals surface area contributed by atoms with Crippen molar-refractivity contribution < 1.29 is 15.0 Å². The van der Waals surface area contributed by atoms with Crippen molar-refractivity contribution in [2.45, 2.75) is 25.8 Å². The number of likely N-dealkylation sites (tertiary alicyclic amines) is 1. The van der Waals surface area contributed by atoms with Gasteiger partial charge in [-0.1, -0.05) is 6.92 Å². The van der Waals surface area contributed by atoms with Gasteiger partial charge in [0.15, 0.2) is 0 Å². The molecule has 0 spiro atoms. The Bertz CT molecular complexity index is 223. The number of aliphatic hydroxyl groups excluding tert-OH is 1. The summed E-state index contributed by atoms with van der Waals surface area (Å²) >= 11 is 0. The molecule has 1 heterocycles. The summed E-state index contributed by atoms with van der Waals surface area (Å²) in [5.74, 6) is -0.233. The molecule has 2 atom stereocenters. The Morgan fingerprint density at radius 3 is 2.88 bits per heavy atom. The number of aliphatic hydroxyl groups is 1.